The molecule has 0 aliphatic heterocycles. The lowest BCUT2D eigenvalue weighted by atomic mass is 9.68. The third-order valence-corrected chi connectivity index (χ3v) is 5.14. The molecule has 1 amide bonds. The molecule has 19 heavy (non-hydrogen) atoms. The predicted octanol–water partition coefficient (Wildman–Crippen LogP) is 5.10. The molecule has 0 radical (unpaired) electrons. The molecule has 0 saturated heterocycles. The first kappa shape index (κ1) is 15.1. The van der Waals surface area contributed by atoms with Crippen molar-refractivity contribution in [2.24, 2.45) is 11.3 Å². The number of carbonyl (C=O) groups excluding carboxylic acids is 1. The normalized spacial score (nSPS) is 22.0. The molecule has 104 valence electrons. The molecule has 2 nitrogen and oxygen atoms in total. The van der Waals surface area contributed by atoms with Gasteiger partial charge in [0.15, 0.2) is 0 Å². The number of nitrogens with one attached hydrogen (secondary N) is 1. The summed E-state index contributed by atoms with van der Waals surface area (Å²) in [6, 6.07) is 5.55. The van der Waals surface area contributed by atoms with Crippen LogP contribution in [0.5, 0.6) is 0 Å². The molecule has 4 heteroatoms. The molecule has 0 aromatic heterocycles. The minimum Gasteiger partial charge on any atom is -0.325 e. The van der Waals surface area contributed by atoms with Crippen molar-refractivity contribution in [3.05, 3.63) is 26.8 Å². The van der Waals surface area contributed by atoms with E-state index in [9.17, 15) is 4.79 Å². The van der Waals surface area contributed by atoms with Gasteiger partial charge in [-0.3, -0.25) is 4.79 Å². The third-order valence-electron chi connectivity index (χ3n) is 4.01. The van der Waals surface area contributed by atoms with Crippen LogP contribution < -0.4 is 5.32 Å². The molecule has 1 saturated carbocycles. The smallest absolute Gasteiger partial charge is 0.228 e. The van der Waals surface area contributed by atoms with Crippen LogP contribution in [0.15, 0.2) is 18.2 Å². The van der Waals surface area contributed by atoms with Crippen LogP contribution in [-0.2, 0) is 4.79 Å². The number of halogens is 2. The molecule has 1 N–H and O–H groups in total. The Bertz CT molecular complexity index is 487. The third kappa shape index (κ3) is 3.63. The lowest BCUT2D eigenvalue weighted by Gasteiger charge is -2.37. The van der Waals surface area contributed by atoms with E-state index in [2.05, 4.69) is 41.8 Å². The number of rotatable bonds is 2. The summed E-state index contributed by atoms with van der Waals surface area (Å²) in [7, 11) is 0. The van der Waals surface area contributed by atoms with E-state index in [4.69, 9.17) is 11.6 Å². The first-order chi connectivity index (χ1) is 8.90. The molecule has 2 rings (SSSR count). The second-order valence-electron chi connectivity index (χ2n) is 5.90. The lowest BCUT2D eigenvalue weighted by Crippen LogP contribution is -2.37. The summed E-state index contributed by atoms with van der Waals surface area (Å²) in [4.78, 5) is 12.5. The maximum Gasteiger partial charge on any atom is 0.228 e. The maximum absolute atomic E-state index is 12.5. The van der Waals surface area contributed by atoms with E-state index in [1.54, 1.807) is 0 Å². The van der Waals surface area contributed by atoms with Gasteiger partial charge in [0.1, 0.15) is 0 Å². The Morgan fingerprint density at radius 3 is 2.79 bits per heavy atom. The van der Waals surface area contributed by atoms with Gasteiger partial charge in [0.2, 0.25) is 5.91 Å². The van der Waals surface area contributed by atoms with Crippen molar-refractivity contribution >= 4 is 45.8 Å². The molecule has 0 bridgehead atoms. The van der Waals surface area contributed by atoms with Gasteiger partial charge < -0.3 is 5.32 Å². The highest BCUT2D eigenvalue weighted by molar-refractivity contribution is 14.1. The van der Waals surface area contributed by atoms with Gasteiger partial charge in [-0.25, -0.2) is 0 Å². The minimum atomic E-state index is 0.0974. The summed E-state index contributed by atoms with van der Waals surface area (Å²) in [6.45, 7) is 4.40. The first-order valence-electron chi connectivity index (χ1n) is 6.66. The van der Waals surface area contributed by atoms with Crippen molar-refractivity contribution in [3.63, 3.8) is 0 Å². The van der Waals surface area contributed by atoms with Gasteiger partial charge in [-0.05, 0) is 59.0 Å². The van der Waals surface area contributed by atoms with E-state index in [0.717, 1.165) is 28.5 Å². The molecule has 0 heterocycles. The topological polar surface area (TPSA) is 29.1 Å². The van der Waals surface area contributed by atoms with Crippen molar-refractivity contribution in [2.75, 3.05) is 5.32 Å². The second-order valence-corrected chi connectivity index (χ2v) is 7.50. The average molecular weight is 392 g/mol. The summed E-state index contributed by atoms with van der Waals surface area (Å²) in [5, 5.41) is 3.75. The van der Waals surface area contributed by atoms with E-state index in [1.807, 2.05) is 18.2 Å². The van der Waals surface area contributed by atoms with Crippen molar-refractivity contribution < 1.29 is 4.79 Å². The summed E-state index contributed by atoms with van der Waals surface area (Å²) in [6.07, 6.45) is 4.50. The molecule has 1 unspecified atom stereocenters. The van der Waals surface area contributed by atoms with Crippen LogP contribution in [-0.4, -0.2) is 5.91 Å². The minimum absolute atomic E-state index is 0.0974. The van der Waals surface area contributed by atoms with Crippen LogP contribution in [0.1, 0.15) is 39.5 Å². The molecular formula is C15H19ClINO. The van der Waals surface area contributed by atoms with E-state index in [0.29, 0.717) is 5.02 Å². The Kier molecular flexibility index (Phi) is 4.77. The highest BCUT2D eigenvalue weighted by atomic mass is 127. The Morgan fingerprint density at radius 1 is 1.42 bits per heavy atom. The highest BCUT2D eigenvalue weighted by Crippen LogP contribution is 2.41. The number of hydrogen-bond donors (Lipinski definition) is 1. The summed E-state index contributed by atoms with van der Waals surface area (Å²) in [5.41, 5.74) is 0.955. The van der Waals surface area contributed by atoms with Crippen molar-refractivity contribution in [3.8, 4) is 0 Å². The largest absolute Gasteiger partial charge is 0.325 e. The zero-order valence-electron chi connectivity index (χ0n) is 11.3. The van der Waals surface area contributed by atoms with Gasteiger partial charge in [0, 0.05) is 14.5 Å². The standard InChI is InChI=1S/C15H19ClINO/c1-15(2)8-4-3-5-11(15)14(19)18-13-7-6-10(16)9-12(13)17/h6-7,9,11H,3-5,8H2,1-2H3,(H,18,19). The monoisotopic (exact) mass is 391 g/mol. The predicted molar refractivity (Wildman–Crippen MR) is 88.5 cm³/mol. The van der Waals surface area contributed by atoms with Crippen LogP contribution in [0.4, 0.5) is 5.69 Å². The number of benzene rings is 1. The van der Waals surface area contributed by atoms with Crippen LogP contribution >= 0.6 is 34.2 Å². The van der Waals surface area contributed by atoms with Crippen LogP contribution in [0.2, 0.25) is 5.02 Å². The molecule has 1 aliphatic carbocycles. The van der Waals surface area contributed by atoms with Gasteiger partial charge in [0.05, 0.1) is 5.69 Å². The van der Waals surface area contributed by atoms with Crippen molar-refractivity contribution in [1.29, 1.82) is 0 Å². The van der Waals surface area contributed by atoms with Crippen LogP contribution in [0.3, 0.4) is 0 Å². The molecule has 1 fully saturated rings. The molecule has 1 aliphatic rings. The Labute approximate surface area is 133 Å². The number of amides is 1. The number of hydrogen-bond acceptors (Lipinski definition) is 1. The summed E-state index contributed by atoms with van der Waals surface area (Å²) < 4.78 is 0.979. The zero-order valence-corrected chi connectivity index (χ0v) is 14.2. The zero-order chi connectivity index (χ0) is 14.0. The van der Waals surface area contributed by atoms with E-state index >= 15 is 0 Å². The number of anilines is 1. The maximum atomic E-state index is 12.5. The Hall–Kier alpha value is -0.290. The summed E-state index contributed by atoms with van der Waals surface area (Å²) in [5.74, 6) is 0.248. The van der Waals surface area contributed by atoms with Gasteiger partial charge >= 0.3 is 0 Å². The molecule has 0 spiro atoms. The second kappa shape index (κ2) is 6.00. The molecule has 1 atom stereocenters. The fourth-order valence-corrected chi connectivity index (χ4v) is 3.80. The Balaban J connectivity index is 2.12. The summed E-state index contributed by atoms with van der Waals surface area (Å²) >= 11 is 8.13. The SMILES string of the molecule is CC1(C)CCCCC1C(=O)Nc1ccc(Cl)cc1I. The highest BCUT2D eigenvalue weighted by Gasteiger charge is 2.37. The van der Waals surface area contributed by atoms with Gasteiger partial charge in [0.25, 0.3) is 0 Å². The molecular weight excluding hydrogens is 373 g/mol. The quantitative estimate of drug-likeness (QED) is 0.698. The van der Waals surface area contributed by atoms with E-state index in [1.165, 1.54) is 6.42 Å². The first-order valence-corrected chi connectivity index (χ1v) is 8.12. The Morgan fingerprint density at radius 2 is 2.16 bits per heavy atom. The fourth-order valence-electron chi connectivity index (χ4n) is 2.79. The lowest BCUT2D eigenvalue weighted by molar-refractivity contribution is -0.124. The fraction of sp³-hybridized carbons (Fsp3) is 0.533. The molecule has 1 aromatic rings. The van der Waals surface area contributed by atoms with Gasteiger partial charge in [-0.2, -0.15) is 0 Å². The van der Waals surface area contributed by atoms with E-state index < -0.39 is 0 Å². The van der Waals surface area contributed by atoms with Gasteiger partial charge in [-0.15, -0.1) is 0 Å². The van der Waals surface area contributed by atoms with Crippen molar-refractivity contribution in [2.45, 2.75) is 39.5 Å². The van der Waals surface area contributed by atoms with Crippen molar-refractivity contribution in [1.82, 2.24) is 0 Å². The average Bonchev–Trinajstić information content (AvgIpc) is 2.32. The van der Waals surface area contributed by atoms with Crippen LogP contribution in [0.25, 0.3) is 0 Å². The van der Waals surface area contributed by atoms with Crippen LogP contribution in [0, 0.1) is 14.9 Å². The number of carbonyl (C=O) groups is 1. The van der Waals surface area contributed by atoms with Gasteiger partial charge in [-0.1, -0.05) is 38.3 Å². The van der Waals surface area contributed by atoms with E-state index in [-0.39, 0.29) is 17.2 Å². The molecule has 1 aromatic carbocycles.